The lowest BCUT2D eigenvalue weighted by atomic mass is 9.84. The van der Waals surface area contributed by atoms with Gasteiger partial charge in [-0.3, -0.25) is 14.8 Å². The number of hydrogen-bond donors (Lipinski definition) is 3. The normalized spacial score (nSPS) is 15.8. The molecule has 2 heterocycles. The monoisotopic (exact) mass is 483 g/mol. The van der Waals surface area contributed by atoms with Gasteiger partial charge < -0.3 is 9.05 Å². The van der Waals surface area contributed by atoms with Gasteiger partial charge in [0, 0.05) is 12.3 Å². The molecule has 33 heavy (non-hydrogen) atoms. The largest absolute Gasteiger partial charge is 0.360 e. The second kappa shape index (κ2) is 10.9. The molecule has 3 N–H and O–H groups in total. The van der Waals surface area contributed by atoms with Gasteiger partial charge in [-0.15, -0.1) is 0 Å². The van der Waals surface area contributed by atoms with Crippen LogP contribution in [-0.2, 0) is 14.8 Å². The maximum Gasteiger partial charge on any atom is 0.306 e. The van der Waals surface area contributed by atoms with Crippen LogP contribution in [0.25, 0.3) is 0 Å². The Morgan fingerprint density at radius 2 is 1.88 bits per heavy atom. The smallest absolute Gasteiger partial charge is 0.306 e. The van der Waals surface area contributed by atoms with Gasteiger partial charge in [0.05, 0.1) is 0 Å². The van der Waals surface area contributed by atoms with Crippen LogP contribution in [0.2, 0.25) is 0 Å². The maximum absolute atomic E-state index is 12.5. The molecule has 0 spiro atoms. The summed E-state index contributed by atoms with van der Waals surface area (Å²) in [6.07, 6.45) is 8.41. The fourth-order valence-electron chi connectivity index (χ4n) is 4.28. The van der Waals surface area contributed by atoms with Gasteiger partial charge in [-0.2, -0.15) is 4.98 Å². The highest BCUT2D eigenvalue weighted by molar-refractivity contribution is 7.90. The van der Waals surface area contributed by atoms with Crippen molar-refractivity contribution in [3.05, 3.63) is 23.2 Å². The fraction of sp³-hybridized carbons (Fsp3) is 0.650. The molecule has 0 aromatic carbocycles. The topological polar surface area (TPSA) is 178 Å². The SMILES string of the molecule is Cc1noc(C)c1S(=O)(=O)NC(=O)c1noc([C@H](CCCC2CCCCC2)CC(=O)NO)n1. The van der Waals surface area contributed by atoms with Gasteiger partial charge in [-0.25, -0.2) is 18.6 Å². The van der Waals surface area contributed by atoms with E-state index in [-0.39, 0.29) is 28.7 Å². The molecule has 182 valence electrons. The number of nitrogens with one attached hydrogen (secondary N) is 2. The van der Waals surface area contributed by atoms with E-state index in [1.165, 1.54) is 46.0 Å². The van der Waals surface area contributed by atoms with Crippen molar-refractivity contribution in [1.29, 1.82) is 0 Å². The molecule has 0 aliphatic heterocycles. The Kier molecular flexibility index (Phi) is 8.19. The molecule has 1 fully saturated rings. The van der Waals surface area contributed by atoms with Gasteiger partial charge in [0.25, 0.3) is 15.8 Å². The highest BCUT2D eigenvalue weighted by Gasteiger charge is 2.30. The van der Waals surface area contributed by atoms with Gasteiger partial charge in [-0.05, 0) is 26.2 Å². The van der Waals surface area contributed by atoms with E-state index >= 15 is 0 Å². The number of rotatable bonds is 10. The summed E-state index contributed by atoms with van der Waals surface area (Å²) in [6.45, 7) is 2.85. The molecule has 0 unspecified atom stereocenters. The molecule has 2 amide bonds. The summed E-state index contributed by atoms with van der Waals surface area (Å²) in [5.41, 5.74) is 1.70. The van der Waals surface area contributed by atoms with Crippen LogP contribution in [0, 0.1) is 19.8 Å². The first-order valence-corrected chi connectivity index (χ1v) is 12.5. The molecule has 1 aliphatic rings. The second-order valence-corrected chi connectivity index (χ2v) is 10.0. The maximum atomic E-state index is 12.5. The van der Waals surface area contributed by atoms with Gasteiger partial charge in [-0.1, -0.05) is 55.3 Å². The van der Waals surface area contributed by atoms with E-state index in [0.29, 0.717) is 12.3 Å². The zero-order valence-electron chi connectivity index (χ0n) is 18.7. The standard InChI is InChI=1S/C20H29N5O7S/c1-12-17(13(2)31-23-12)33(29,30)25-19(27)18-21-20(32-24-18)15(11-16(26)22-28)10-6-9-14-7-4-3-5-8-14/h14-15,28H,3-11H2,1-2H3,(H,22,26)(H,25,27)/t15-/m1/s1. The third-order valence-corrected chi connectivity index (χ3v) is 7.48. The summed E-state index contributed by atoms with van der Waals surface area (Å²) in [4.78, 5) is 28.0. The molecule has 12 nitrogen and oxygen atoms in total. The van der Waals surface area contributed by atoms with Crippen molar-refractivity contribution in [2.45, 2.75) is 82.4 Å². The Morgan fingerprint density at radius 1 is 1.15 bits per heavy atom. The summed E-state index contributed by atoms with van der Waals surface area (Å²) in [6, 6.07) is 0. The average molecular weight is 484 g/mol. The van der Waals surface area contributed by atoms with Crippen LogP contribution < -0.4 is 10.2 Å². The van der Waals surface area contributed by atoms with Crippen LogP contribution in [-0.4, -0.2) is 40.7 Å². The summed E-state index contributed by atoms with van der Waals surface area (Å²) in [5, 5.41) is 16.1. The van der Waals surface area contributed by atoms with E-state index < -0.39 is 33.6 Å². The number of aryl methyl sites for hydroxylation is 2. The Morgan fingerprint density at radius 3 is 2.52 bits per heavy atom. The molecule has 2 aromatic heterocycles. The van der Waals surface area contributed by atoms with Crippen LogP contribution in [0.15, 0.2) is 13.9 Å². The summed E-state index contributed by atoms with van der Waals surface area (Å²) >= 11 is 0. The Labute approximate surface area is 191 Å². The van der Waals surface area contributed by atoms with Crippen LogP contribution in [0.4, 0.5) is 0 Å². The van der Waals surface area contributed by atoms with Gasteiger partial charge >= 0.3 is 5.91 Å². The van der Waals surface area contributed by atoms with E-state index in [1.807, 2.05) is 4.72 Å². The predicted octanol–water partition coefficient (Wildman–Crippen LogP) is 2.52. The Hall–Kier alpha value is -2.80. The lowest BCUT2D eigenvalue weighted by molar-refractivity contribution is -0.129. The predicted molar refractivity (Wildman–Crippen MR) is 113 cm³/mol. The van der Waals surface area contributed by atoms with Crippen molar-refractivity contribution < 1.29 is 32.3 Å². The highest BCUT2D eigenvalue weighted by atomic mass is 32.2. The quantitative estimate of drug-likeness (QED) is 0.336. The third kappa shape index (κ3) is 6.38. The Balaban J connectivity index is 1.68. The van der Waals surface area contributed by atoms with Gasteiger partial charge in [0.1, 0.15) is 5.69 Å². The van der Waals surface area contributed by atoms with E-state index in [9.17, 15) is 18.0 Å². The molecular formula is C20H29N5O7S. The number of carbonyl (C=O) groups is 2. The number of hydroxylamine groups is 1. The van der Waals surface area contributed by atoms with E-state index in [1.54, 1.807) is 5.48 Å². The van der Waals surface area contributed by atoms with Crippen molar-refractivity contribution in [2.24, 2.45) is 5.92 Å². The number of carbonyl (C=O) groups excluding carboxylic acids is 2. The minimum absolute atomic E-state index is 0.0298. The summed E-state index contributed by atoms with van der Waals surface area (Å²) in [7, 11) is -4.26. The summed E-state index contributed by atoms with van der Waals surface area (Å²) in [5.74, 6) is -1.99. The lowest BCUT2D eigenvalue weighted by Crippen LogP contribution is -2.32. The van der Waals surface area contributed by atoms with Crippen LogP contribution >= 0.6 is 0 Å². The molecule has 0 saturated heterocycles. The number of aromatic nitrogens is 3. The fourth-order valence-corrected chi connectivity index (χ4v) is 5.56. The lowest BCUT2D eigenvalue weighted by Gasteiger charge is -2.22. The van der Waals surface area contributed by atoms with Crippen molar-refractivity contribution in [3.8, 4) is 0 Å². The first-order chi connectivity index (χ1) is 15.7. The summed E-state index contributed by atoms with van der Waals surface area (Å²) < 4.78 is 37.0. The number of amides is 2. The van der Waals surface area contributed by atoms with Crippen molar-refractivity contribution in [2.75, 3.05) is 0 Å². The highest BCUT2D eigenvalue weighted by Crippen LogP contribution is 2.31. The molecule has 0 radical (unpaired) electrons. The molecule has 2 aromatic rings. The van der Waals surface area contributed by atoms with Crippen LogP contribution in [0.3, 0.4) is 0 Å². The zero-order valence-corrected chi connectivity index (χ0v) is 19.5. The number of nitrogens with zero attached hydrogens (tertiary/aromatic N) is 3. The van der Waals surface area contributed by atoms with Crippen LogP contribution in [0.1, 0.15) is 91.7 Å². The van der Waals surface area contributed by atoms with E-state index in [4.69, 9.17) is 14.3 Å². The minimum atomic E-state index is -4.26. The Bertz CT molecular complexity index is 1050. The van der Waals surface area contributed by atoms with Gasteiger partial charge in [0.15, 0.2) is 10.7 Å². The first kappa shape index (κ1) is 24.8. The average Bonchev–Trinajstić information content (AvgIpc) is 3.40. The zero-order chi connectivity index (χ0) is 24.0. The van der Waals surface area contributed by atoms with Gasteiger partial charge in [0.2, 0.25) is 11.8 Å². The molecule has 1 aliphatic carbocycles. The number of hydrogen-bond acceptors (Lipinski definition) is 10. The molecule has 3 rings (SSSR count). The second-order valence-electron chi connectivity index (χ2n) is 8.42. The minimum Gasteiger partial charge on any atom is -0.360 e. The molecule has 1 atom stereocenters. The molecule has 1 saturated carbocycles. The van der Waals surface area contributed by atoms with E-state index in [0.717, 1.165) is 12.8 Å². The van der Waals surface area contributed by atoms with Crippen molar-refractivity contribution in [3.63, 3.8) is 0 Å². The van der Waals surface area contributed by atoms with Crippen molar-refractivity contribution in [1.82, 2.24) is 25.5 Å². The molecular weight excluding hydrogens is 454 g/mol. The molecule has 0 bridgehead atoms. The molecule has 13 heteroatoms. The van der Waals surface area contributed by atoms with Crippen molar-refractivity contribution >= 4 is 21.8 Å². The number of sulfonamides is 1. The van der Waals surface area contributed by atoms with Crippen LogP contribution in [0.5, 0.6) is 0 Å². The first-order valence-electron chi connectivity index (χ1n) is 11.0. The van der Waals surface area contributed by atoms with E-state index in [2.05, 4.69) is 15.3 Å². The third-order valence-electron chi connectivity index (χ3n) is 5.90.